The molecule has 0 fully saturated rings. The summed E-state index contributed by atoms with van der Waals surface area (Å²) in [4.78, 5) is 12.5. The highest BCUT2D eigenvalue weighted by Crippen LogP contribution is 2.24. The van der Waals surface area contributed by atoms with E-state index in [4.69, 9.17) is 21.4 Å². The summed E-state index contributed by atoms with van der Waals surface area (Å²) >= 11 is 9.44. The molecule has 0 spiro atoms. The second-order valence-electron chi connectivity index (χ2n) is 5.04. The number of carbonyl (C=O) groups is 1. The number of rotatable bonds is 2. The van der Waals surface area contributed by atoms with E-state index in [-0.39, 0.29) is 11.1 Å². The van der Waals surface area contributed by atoms with Crippen LogP contribution in [0.4, 0.5) is 5.69 Å². The van der Waals surface area contributed by atoms with Gasteiger partial charge >= 0.3 is 0 Å². The van der Waals surface area contributed by atoms with Gasteiger partial charge in [-0.3, -0.25) is 10.2 Å². The first-order valence-corrected chi connectivity index (χ1v) is 7.97. The van der Waals surface area contributed by atoms with Crippen LogP contribution in [-0.2, 0) is 0 Å². The van der Waals surface area contributed by atoms with Gasteiger partial charge in [-0.25, -0.2) is 0 Å². The van der Waals surface area contributed by atoms with Crippen molar-refractivity contribution in [2.45, 2.75) is 6.92 Å². The van der Waals surface area contributed by atoms with Crippen LogP contribution in [0.15, 0.2) is 51.4 Å². The molecular formula is C17H12BrClN2O2. The zero-order valence-corrected chi connectivity index (χ0v) is 14.5. The first kappa shape index (κ1) is 15.8. The van der Waals surface area contributed by atoms with Crippen molar-refractivity contribution in [3.05, 3.63) is 68.6 Å². The van der Waals surface area contributed by atoms with E-state index in [2.05, 4.69) is 21.2 Å². The molecule has 0 saturated heterocycles. The normalized spacial score (nSPS) is 10.7. The van der Waals surface area contributed by atoms with Gasteiger partial charge in [-0.2, -0.15) is 0 Å². The fourth-order valence-corrected chi connectivity index (χ4v) is 2.77. The molecule has 0 radical (unpaired) electrons. The third-order valence-electron chi connectivity index (χ3n) is 3.49. The lowest BCUT2D eigenvalue weighted by Crippen LogP contribution is -2.21. The Morgan fingerprint density at radius 3 is 2.83 bits per heavy atom. The molecule has 1 aromatic heterocycles. The molecule has 23 heavy (non-hydrogen) atoms. The van der Waals surface area contributed by atoms with Gasteiger partial charge in [0.05, 0.1) is 0 Å². The SMILES string of the molecule is Cc1c(Cl)cccc1NC(=O)c1cc2cc(Br)ccc2oc1=N. The maximum atomic E-state index is 12.5. The van der Waals surface area contributed by atoms with Gasteiger partial charge < -0.3 is 9.73 Å². The van der Waals surface area contributed by atoms with Crippen molar-refractivity contribution in [3.63, 3.8) is 0 Å². The van der Waals surface area contributed by atoms with E-state index >= 15 is 0 Å². The number of amides is 1. The third-order valence-corrected chi connectivity index (χ3v) is 4.39. The highest BCUT2D eigenvalue weighted by Gasteiger charge is 2.13. The maximum Gasteiger partial charge on any atom is 0.261 e. The van der Waals surface area contributed by atoms with Crippen LogP contribution in [0.1, 0.15) is 15.9 Å². The first-order valence-electron chi connectivity index (χ1n) is 6.80. The summed E-state index contributed by atoms with van der Waals surface area (Å²) < 4.78 is 6.29. The minimum Gasteiger partial charge on any atom is -0.438 e. The topological polar surface area (TPSA) is 66.1 Å². The summed E-state index contributed by atoms with van der Waals surface area (Å²) in [6.07, 6.45) is 0. The molecule has 0 aliphatic heterocycles. The van der Waals surface area contributed by atoms with Crippen molar-refractivity contribution < 1.29 is 9.21 Å². The van der Waals surface area contributed by atoms with Crippen LogP contribution in [0.2, 0.25) is 5.02 Å². The fraction of sp³-hybridized carbons (Fsp3) is 0.0588. The second-order valence-corrected chi connectivity index (χ2v) is 6.36. The van der Waals surface area contributed by atoms with Crippen LogP contribution in [0, 0.1) is 12.3 Å². The van der Waals surface area contributed by atoms with E-state index in [0.717, 1.165) is 15.4 Å². The molecule has 3 rings (SSSR count). The third kappa shape index (κ3) is 3.16. The summed E-state index contributed by atoms with van der Waals surface area (Å²) in [6, 6.07) is 12.3. The molecule has 0 unspecified atom stereocenters. The van der Waals surface area contributed by atoms with Crippen LogP contribution < -0.4 is 10.9 Å². The molecule has 0 bridgehead atoms. The van der Waals surface area contributed by atoms with Crippen molar-refractivity contribution in [1.82, 2.24) is 0 Å². The van der Waals surface area contributed by atoms with Crippen molar-refractivity contribution in [2.24, 2.45) is 0 Å². The van der Waals surface area contributed by atoms with Gasteiger partial charge in [0.2, 0.25) is 5.55 Å². The largest absolute Gasteiger partial charge is 0.438 e. The molecule has 0 atom stereocenters. The van der Waals surface area contributed by atoms with Gasteiger partial charge in [0.25, 0.3) is 5.91 Å². The number of hydrogen-bond donors (Lipinski definition) is 2. The van der Waals surface area contributed by atoms with E-state index in [1.807, 2.05) is 19.1 Å². The van der Waals surface area contributed by atoms with Crippen LogP contribution in [0.5, 0.6) is 0 Å². The fourth-order valence-electron chi connectivity index (χ4n) is 2.21. The van der Waals surface area contributed by atoms with Crippen LogP contribution in [0.25, 0.3) is 11.0 Å². The van der Waals surface area contributed by atoms with Crippen LogP contribution in [-0.4, -0.2) is 5.91 Å². The van der Waals surface area contributed by atoms with Crippen LogP contribution in [0.3, 0.4) is 0 Å². The van der Waals surface area contributed by atoms with E-state index < -0.39 is 5.91 Å². The molecule has 1 heterocycles. The monoisotopic (exact) mass is 390 g/mol. The van der Waals surface area contributed by atoms with Crippen molar-refractivity contribution >= 4 is 50.1 Å². The molecule has 6 heteroatoms. The van der Waals surface area contributed by atoms with Crippen molar-refractivity contribution in [2.75, 3.05) is 5.32 Å². The van der Waals surface area contributed by atoms with E-state index in [0.29, 0.717) is 16.3 Å². The van der Waals surface area contributed by atoms with E-state index in [1.54, 1.807) is 30.3 Å². The number of hydrogen-bond acceptors (Lipinski definition) is 3. The number of carbonyl (C=O) groups excluding carboxylic acids is 1. The first-order chi connectivity index (χ1) is 11.0. The molecule has 4 nitrogen and oxygen atoms in total. The van der Waals surface area contributed by atoms with Crippen molar-refractivity contribution in [1.29, 1.82) is 5.41 Å². The van der Waals surface area contributed by atoms with E-state index in [1.165, 1.54) is 0 Å². The standard InChI is InChI=1S/C17H12BrClN2O2/c1-9-13(19)3-2-4-14(9)21-17(22)12-8-10-7-11(18)5-6-15(10)23-16(12)20/h2-8,20H,1H3,(H,21,22). The highest BCUT2D eigenvalue weighted by molar-refractivity contribution is 9.10. The average Bonchev–Trinajstić information content (AvgIpc) is 2.51. The number of anilines is 1. The predicted octanol–water partition coefficient (Wildman–Crippen LogP) is 4.89. The summed E-state index contributed by atoms with van der Waals surface area (Å²) in [5.41, 5.74) is 1.91. The summed E-state index contributed by atoms with van der Waals surface area (Å²) in [6.45, 7) is 1.82. The Morgan fingerprint density at radius 1 is 1.26 bits per heavy atom. The summed E-state index contributed by atoms with van der Waals surface area (Å²) in [5, 5.41) is 12.0. The Morgan fingerprint density at radius 2 is 2.04 bits per heavy atom. The van der Waals surface area contributed by atoms with Gasteiger partial charge in [0.15, 0.2) is 0 Å². The van der Waals surface area contributed by atoms with Gasteiger partial charge in [-0.05, 0) is 48.9 Å². The Hall–Kier alpha value is -2.11. The molecule has 0 aliphatic carbocycles. The molecule has 0 aliphatic rings. The zero-order chi connectivity index (χ0) is 16.6. The van der Waals surface area contributed by atoms with Crippen molar-refractivity contribution in [3.8, 4) is 0 Å². The lowest BCUT2D eigenvalue weighted by molar-refractivity contribution is 0.102. The number of fused-ring (bicyclic) bond motifs is 1. The second kappa shape index (κ2) is 6.18. The molecule has 0 saturated carbocycles. The smallest absolute Gasteiger partial charge is 0.261 e. The lowest BCUT2D eigenvalue weighted by Gasteiger charge is -2.10. The summed E-state index contributed by atoms with van der Waals surface area (Å²) in [5.74, 6) is -0.411. The molecule has 1 amide bonds. The van der Waals surface area contributed by atoms with Crippen LogP contribution >= 0.6 is 27.5 Å². The Balaban J connectivity index is 2.02. The Kier molecular flexibility index (Phi) is 4.24. The Labute approximate surface area is 145 Å². The van der Waals surface area contributed by atoms with E-state index in [9.17, 15) is 4.79 Å². The minimum absolute atomic E-state index is 0.162. The Bertz CT molecular complexity index is 982. The quantitative estimate of drug-likeness (QED) is 0.653. The molecule has 116 valence electrons. The van der Waals surface area contributed by atoms with Gasteiger partial charge in [-0.1, -0.05) is 33.6 Å². The molecular weight excluding hydrogens is 380 g/mol. The number of halogens is 2. The summed E-state index contributed by atoms with van der Waals surface area (Å²) in [7, 11) is 0. The lowest BCUT2D eigenvalue weighted by atomic mass is 10.1. The maximum absolute atomic E-state index is 12.5. The average molecular weight is 392 g/mol. The van der Waals surface area contributed by atoms with Gasteiger partial charge in [0.1, 0.15) is 11.1 Å². The van der Waals surface area contributed by atoms with Gasteiger partial charge in [-0.15, -0.1) is 0 Å². The predicted molar refractivity (Wildman–Crippen MR) is 93.9 cm³/mol. The zero-order valence-electron chi connectivity index (χ0n) is 12.1. The molecule has 3 aromatic rings. The highest BCUT2D eigenvalue weighted by atomic mass is 79.9. The van der Waals surface area contributed by atoms with Gasteiger partial charge in [0, 0.05) is 20.6 Å². The number of nitrogens with one attached hydrogen (secondary N) is 2. The minimum atomic E-state index is -0.411. The molecule has 2 N–H and O–H groups in total. The molecule has 2 aromatic carbocycles. The number of benzene rings is 2.